The molecule has 0 radical (unpaired) electrons. The van der Waals surface area contributed by atoms with Crippen LogP contribution in [0.4, 0.5) is 8.78 Å². The van der Waals surface area contributed by atoms with Gasteiger partial charge in [-0.3, -0.25) is 9.59 Å². The summed E-state index contributed by atoms with van der Waals surface area (Å²) >= 11 is 0. The molecule has 1 amide bonds. The van der Waals surface area contributed by atoms with Crippen molar-refractivity contribution in [3.8, 4) is 0 Å². The van der Waals surface area contributed by atoms with Crippen LogP contribution >= 0.6 is 0 Å². The third-order valence-electron chi connectivity index (χ3n) is 2.89. The number of carboxylic acids is 1. The average molecular weight is 235 g/mol. The number of hydrogen-bond donors (Lipinski definition) is 2. The SMILES string of the molecule is O=C(O)CC1(NC(=O)C(F)F)CCCCC1. The van der Waals surface area contributed by atoms with Crippen molar-refractivity contribution in [2.24, 2.45) is 0 Å². The van der Waals surface area contributed by atoms with Crippen molar-refractivity contribution < 1.29 is 23.5 Å². The first-order chi connectivity index (χ1) is 7.45. The Morgan fingerprint density at radius 1 is 1.25 bits per heavy atom. The standard InChI is InChI=1S/C10H15F2NO3/c11-8(12)9(16)13-10(6-7(14)15)4-2-1-3-5-10/h8H,1-6H2,(H,13,16)(H,14,15). The maximum Gasteiger partial charge on any atom is 0.315 e. The van der Waals surface area contributed by atoms with Crippen molar-refractivity contribution >= 4 is 11.9 Å². The minimum absolute atomic E-state index is 0.286. The number of carbonyl (C=O) groups excluding carboxylic acids is 1. The Kier molecular flexibility index (Phi) is 4.20. The van der Waals surface area contributed by atoms with Gasteiger partial charge in [-0.15, -0.1) is 0 Å². The van der Waals surface area contributed by atoms with Crippen molar-refractivity contribution in [3.05, 3.63) is 0 Å². The number of nitrogens with one attached hydrogen (secondary N) is 1. The molecule has 0 aliphatic heterocycles. The summed E-state index contributed by atoms with van der Waals surface area (Å²) in [6.07, 6.45) is 0.00752. The van der Waals surface area contributed by atoms with Crippen LogP contribution in [0.5, 0.6) is 0 Å². The molecular weight excluding hydrogens is 220 g/mol. The molecule has 1 saturated carbocycles. The lowest BCUT2D eigenvalue weighted by atomic mass is 9.79. The molecule has 6 heteroatoms. The predicted molar refractivity (Wildman–Crippen MR) is 52.2 cm³/mol. The maximum absolute atomic E-state index is 12.1. The zero-order valence-electron chi connectivity index (χ0n) is 8.84. The maximum atomic E-state index is 12.1. The smallest absolute Gasteiger partial charge is 0.315 e. The Balaban J connectivity index is 2.69. The van der Waals surface area contributed by atoms with Crippen LogP contribution in [0.2, 0.25) is 0 Å². The summed E-state index contributed by atoms with van der Waals surface area (Å²) in [5, 5.41) is 10.9. The highest BCUT2D eigenvalue weighted by molar-refractivity contribution is 5.81. The number of alkyl halides is 2. The van der Waals surface area contributed by atoms with Crippen LogP contribution in [0, 0.1) is 0 Å². The Morgan fingerprint density at radius 3 is 2.25 bits per heavy atom. The second kappa shape index (κ2) is 5.23. The summed E-state index contributed by atoms with van der Waals surface area (Å²) in [5.41, 5.74) is -0.975. The van der Waals surface area contributed by atoms with Gasteiger partial charge in [-0.05, 0) is 12.8 Å². The molecule has 1 aliphatic carbocycles. The molecule has 16 heavy (non-hydrogen) atoms. The van der Waals surface area contributed by atoms with E-state index in [1.54, 1.807) is 0 Å². The van der Waals surface area contributed by atoms with Gasteiger partial charge in [0.05, 0.1) is 12.0 Å². The van der Waals surface area contributed by atoms with E-state index in [9.17, 15) is 18.4 Å². The van der Waals surface area contributed by atoms with E-state index in [4.69, 9.17) is 5.11 Å². The van der Waals surface area contributed by atoms with Crippen LogP contribution in [-0.2, 0) is 9.59 Å². The zero-order valence-corrected chi connectivity index (χ0v) is 8.84. The normalized spacial score (nSPS) is 19.4. The van der Waals surface area contributed by atoms with E-state index in [0.29, 0.717) is 12.8 Å². The van der Waals surface area contributed by atoms with Crippen molar-refractivity contribution in [3.63, 3.8) is 0 Å². The molecule has 2 N–H and O–H groups in total. The van der Waals surface area contributed by atoms with Crippen molar-refractivity contribution in [2.75, 3.05) is 0 Å². The van der Waals surface area contributed by atoms with Crippen molar-refractivity contribution in [1.29, 1.82) is 0 Å². The van der Waals surface area contributed by atoms with Gasteiger partial charge in [0.1, 0.15) is 0 Å². The first kappa shape index (κ1) is 12.9. The van der Waals surface area contributed by atoms with Gasteiger partial charge in [-0.1, -0.05) is 19.3 Å². The molecule has 4 nitrogen and oxygen atoms in total. The number of hydrogen-bond acceptors (Lipinski definition) is 2. The Morgan fingerprint density at radius 2 is 1.81 bits per heavy atom. The number of carboxylic acid groups (broad SMARTS) is 1. The van der Waals surface area contributed by atoms with Gasteiger partial charge in [0, 0.05) is 0 Å². The molecular formula is C10H15F2NO3. The molecule has 0 aromatic rings. The molecule has 92 valence electrons. The fourth-order valence-electron chi connectivity index (χ4n) is 2.18. The highest BCUT2D eigenvalue weighted by Gasteiger charge is 2.37. The molecule has 0 spiro atoms. The molecule has 1 aliphatic rings. The predicted octanol–water partition coefficient (Wildman–Crippen LogP) is 1.55. The summed E-state index contributed by atoms with van der Waals surface area (Å²) in [6.45, 7) is 0. The van der Waals surface area contributed by atoms with Gasteiger partial charge >= 0.3 is 12.4 Å². The largest absolute Gasteiger partial charge is 0.481 e. The lowest BCUT2D eigenvalue weighted by molar-refractivity contribution is -0.141. The summed E-state index contributed by atoms with van der Waals surface area (Å²) in [4.78, 5) is 21.6. The molecule has 0 aromatic carbocycles. The zero-order chi connectivity index (χ0) is 12.2. The molecule has 0 heterocycles. The van der Waals surface area contributed by atoms with E-state index in [1.807, 2.05) is 0 Å². The van der Waals surface area contributed by atoms with Crippen molar-refractivity contribution in [2.45, 2.75) is 50.5 Å². The summed E-state index contributed by atoms with van der Waals surface area (Å²) in [7, 11) is 0. The second-order valence-corrected chi connectivity index (χ2v) is 4.20. The van der Waals surface area contributed by atoms with Crippen LogP contribution in [0.1, 0.15) is 38.5 Å². The monoisotopic (exact) mass is 235 g/mol. The Labute approximate surface area is 92.0 Å². The molecule has 1 fully saturated rings. The Hall–Kier alpha value is -1.20. The number of rotatable bonds is 4. The molecule has 0 unspecified atom stereocenters. The van der Waals surface area contributed by atoms with E-state index in [1.165, 1.54) is 0 Å². The lowest BCUT2D eigenvalue weighted by Gasteiger charge is -2.36. The first-order valence-electron chi connectivity index (χ1n) is 5.27. The highest BCUT2D eigenvalue weighted by Crippen LogP contribution is 2.31. The van der Waals surface area contributed by atoms with Crippen LogP contribution in [0.3, 0.4) is 0 Å². The van der Waals surface area contributed by atoms with Crippen LogP contribution < -0.4 is 5.32 Å². The lowest BCUT2D eigenvalue weighted by Crippen LogP contribution is -2.52. The highest BCUT2D eigenvalue weighted by atomic mass is 19.3. The van der Waals surface area contributed by atoms with E-state index >= 15 is 0 Å². The average Bonchev–Trinajstić information content (AvgIpc) is 2.17. The van der Waals surface area contributed by atoms with Gasteiger partial charge in [-0.25, -0.2) is 0 Å². The third kappa shape index (κ3) is 3.43. The van der Waals surface area contributed by atoms with E-state index in [0.717, 1.165) is 19.3 Å². The van der Waals surface area contributed by atoms with Crippen molar-refractivity contribution in [1.82, 2.24) is 5.32 Å². The Bertz CT molecular complexity index is 275. The number of amides is 1. The number of halogens is 2. The molecule has 0 bridgehead atoms. The van der Waals surface area contributed by atoms with E-state index in [-0.39, 0.29) is 6.42 Å². The quantitative estimate of drug-likeness (QED) is 0.776. The summed E-state index contributed by atoms with van der Waals surface area (Å²) < 4.78 is 24.3. The van der Waals surface area contributed by atoms with Crippen LogP contribution in [0.25, 0.3) is 0 Å². The van der Waals surface area contributed by atoms with Gasteiger partial charge in [0.2, 0.25) is 0 Å². The second-order valence-electron chi connectivity index (χ2n) is 4.20. The summed E-state index contributed by atoms with van der Waals surface area (Å²) in [6, 6.07) is 0. The third-order valence-corrected chi connectivity index (χ3v) is 2.89. The van der Waals surface area contributed by atoms with E-state index in [2.05, 4.69) is 5.32 Å². The van der Waals surface area contributed by atoms with Gasteiger partial charge in [0.25, 0.3) is 5.91 Å². The minimum Gasteiger partial charge on any atom is -0.481 e. The number of aliphatic carboxylic acids is 1. The minimum atomic E-state index is -3.09. The molecule has 1 rings (SSSR count). The molecule has 0 saturated heterocycles. The van der Waals surface area contributed by atoms with Gasteiger partial charge in [-0.2, -0.15) is 8.78 Å². The first-order valence-corrected chi connectivity index (χ1v) is 5.27. The molecule has 0 atom stereocenters. The van der Waals surface area contributed by atoms with E-state index < -0.39 is 23.8 Å². The number of carbonyl (C=O) groups is 2. The topological polar surface area (TPSA) is 66.4 Å². The van der Waals surface area contributed by atoms with Crippen LogP contribution in [0.15, 0.2) is 0 Å². The van der Waals surface area contributed by atoms with Gasteiger partial charge in [0.15, 0.2) is 0 Å². The fraction of sp³-hybridized carbons (Fsp3) is 0.800. The fourth-order valence-corrected chi connectivity index (χ4v) is 2.18. The summed E-state index contributed by atoms with van der Waals surface area (Å²) in [5.74, 6) is -2.44. The molecule has 0 aromatic heterocycles. The van der Waals surface area contributed by atoms with Crippen LogP contribution in [-0.4, -0.2) is 28.9 Å². The van der Waals surface area contributed by atoms with Gasteiger partial charge < -0.3 is 10.4 Å².